The van der Waals surface area contributed by atoms with Gasteiger partial charge >= 0.3 is 6.18 Å². The summed E-state index contributed by atoms with van der Waals surface area (Å²) in [7, 11) is 0. The Morgan fingerprint density at radius 2 is 1.91 bits per heavy atom. The van der Waals surface area contributed by atoms with Crippen molar-refractivity contribution in [3.05, 3.63) is 94.5 Å². The molecule has 35 heavy (non-hydrogen) atoms. The fourth-order valence-electron chi connectivity index (χ4n) is 4.61. The Balaban J connectivity index is 1.43. The lowest BCUT2D eigenvalue weighted by Gasteiger charge is -2.17. The van der Waals surface area contributed by atoms with E-state index in [2.05, 4.69) is 9.97 Å². The van der Waals surface area contributed by atoms with E-state index in [9.17, 15) is 18.0 Å². The van der Waals surface area contributed by atoms with Gasteiger partial charge in [-0.1, -0.05) is 29.8 Å². The molecule has 1 atom stereocenters. The zero-order valence-electron chi connectivity index (χ0n) is 18.7. The van der Waals surface area contributed by atoms with E-state index in [1.165, 1.54) is 4.57 Å². The number of aromatic nitrogens is 3. The summed E-state index contributed by atoms with van der Waals surface area (Å²) in [5.74, 6) is 0.346. The topological polar surface area (TPSA) is 51.0 Å². The van der Waals surface area contributed by atoms with Crippen LogP contribution in [0.1, 0.15) is 39.6 Å². The van der Waals surface area contributed by atoms with Crippen molar-refractivity contribution in [3.63, 3.8) is 0 Å². The molecule has 1 amide bonds. The first-order valence-corrected chi connectivity index (χ1v) is 11.6. The predicted octanol–water partition coefficient (Wildman–Crippen LogP) is 5.87. The lowest BCUT2D eigenvalue weighted by Crippen LogP contribution is -2.28. The van der Waals surface area contributed by atoms with Crippen molar-refractivity contribution in [1.82, 2.24) is 19.4 Å². The number of imidazole rings is 1. The summed E-state index contributed by atoms with van der Waals surface area (Å²) < 4.78 is 41.3. The van der Waals surface area contributed by atoms with Crippen molar-refractivity contribution in [1.29, 1.82) is 0 Å². The lowest BCUT2D eigenvalue weighted by molar-refractivity contribution is -0.140. The molecule has 1 aliphatic heterocycles. The maximum Gasteiger partial charge on any atom is 0.406 e. The summed E-state index contributed by atoms with van der Waals surface area (Å²) in [6.45, 7) is 0.0340. The fraction of sp³-hybridized carbons (Fsp3) is 0.269. The molecule has 9 heteroatoms. The number of nitrogens with zero attached hydrogens (tertiary/aromatic N) is 4. The van der Waals surface area contributed by atoms with Crippen LogP contribution in [-0.4, -0.2) is 44.6 Å². The van der Waals surface area contributed by atoms with Crippen molar-refractivity contribution in [2.75, 3.05) is 13.1 Å². The Labute approximate surface area is 205 Å². The number of carbonyl (C=O) groups is 1. The molecule has 3 heterocycles. The predicted molar refractivity (Wildman–Crippen MR) is 128 cm³/mol. The first-order valence-electron chi connectivity index (χ1n) is 11.3. The zero-order chi connectivity index (χ0) is 24.6. The smallest absolute Gasteiger partial charge is 0.338 e. The molecule has 0 bridgehead atoms. The summed E-state index contributed by atoms with van der Waals surface area (Å²) in [6.07, 6.45) is 0.179. The monoisotopic (exact) mass is 498 g/mol. The van der Waals surface area contributed by atoms with E-state index >= 15 is 0 Å². The molecule has 5 nitrogen and oxygen atoms in total. The lowest BCUT2D eigenvalue weighted by atomic mass is 10.0. The molecule has 2 aromatic carbocycles. The van der Waals surface area contributed by atoms with Crippen molar-refractivity contribution >= 4 is 28.5 Å². The van der Waals surface area contributed by atoms with Gasteiger partial charge in [0.2, 0.25) is 0 Å². The number of benzene rings is 2. The van der Waals surface area contributed by atoms with E-state index < -0.39 is 12.7 Å². The average Bonchev–Trinajstić information content (AvgIpc) is 3.45. The van der Waals surface area contributed by atoms with Crippen molar-refractivity contribution in [3.8, 4) is 0 Å². The molecule has 1 saturated heterocycles. The normalized spacial score (nSPS) is 16.2. The van der Waals surface area contributed by atoms with Gasteiger partial charge in [-0.3, -0.25) is 9.78 Å². The van der Waals surface area contributed by atoms with E-state index in [-0.39, 0.29) is 24.1 Å². The molecule has 0 saturated carbocycles. The number of hydrogen-bond donors (Lipinski definition) is 0. The van der Waals surface area contributed by atoms with Crippen LogP contribution in [-0.2, 0) is 13.0 Å². The second-order valence-electron chi connectivity index (χ2n) is 8.76. The number of hydrogen-bond acceptors (Lipinski definition) is 3. The van der Waals surface area contributed by atoms with Gasteiger partial charge in [-0.15, -0.1) is 0 Å². The van der Waals surface area contributed by atoms with Crippen LogP contribution in [0.4, 0.5) is 13.2 Å². The number of amides is 1. The maximum atomic E-state index is 13.4. The number of rotatable bonds is 5. The second kappa shape index (κ2) is 9.34. The van der Waals surface area contributed by atoms with Crippen molar-refractivity contribution < 1.29 is 18.0 Å². The first-order chi connectivity index (χ1) is 16.8. The van der Waals surface area contributed by atoms with E-state index in [0.29, 0.717) is 34.7 Å². The molecule has 1 fully saturated rings. The molecule has 0 radical (unpaired) electrons. The molecular weight excluding hydrogens is 477 g/mol. The molecule has 5 rings (SSSR count). The highest BCUT2D eigenvalue weighted by Crippen LogP contribution is 2.29. The number of alkyl halides is 3. The minimum absolute atomic E-state index is 0.150. The molecule has 0 N–H and O–H groups in total. The maximum absolute atomic E-state index is 13.4. The third-order valence-corrected chi connectivity index (χ3v) is 6.57. The third kappa shape index (κ3) is 5.17. The van der Waals surface area contributed by atoms with Gasteiger partial charge in [0.05, 0.1) is 11.0 Å². The number of likely N-dealkylation sites (tertiary alicyclic amines) is 1. The number of fused-ring (bicyclic) bond motifs is 1. The summed E-state index contributed by atoms with van der Waals surface area (Å²) in [5, 5.41) is 0.549. The third-order valence-electron chi connectivity index (χ3n) is 6.32. The highest BCUT2D eigenvalue weighted by atomic mass is 35.5. The Hall–Kier alpha value is -3.39. The standard InChI is InChI=1S/C26H22ClF3N4O/c27-21-6-3-17(4-7-21)12-24-32-22-13-18(5-8-23(22)34(24)16-26(28,29)30)25(35)33-11-9-20(15-33)19-2-1-10-31-14-19/h1-8,10,13-14,20H,9,11-12,15-16H2. The first kappa shape index (κ1) is 23.4. The van der Waals surface area contributed by atoms with Crippen LogP contribution >= 0.6 is 11.6 Å². The number of pyridine rings is 1. The molecule has 0 aliphatic carbocycles. The van der Waals surface area contributed by atoms with Gasteiger partial charge in [-0.2, -0.15) is 13.2 Å². The molecule has 0 spiro atoms. The quantitative estimate of drug-likeness (QED) is 0.346. The van der Waals surface area contributed by atoms with Crippen LogP contribution in [0.25, 0.3) is 11.0 Å². The van der Waals surface area contributed by atoms with Gasteiger partial charge < -0.3 is 9.47 Å². The SMILES string of the molecule is O=C(c1ccc2c(c1)nc(Cc1ccc(Cl)cc1)n2CC(F)(F)F)N1CCC(c2cccnc2)C1. The molecule has 180 valence electrons. The largest absolute Gasteiger partial charge is 0.406 e. The zero-order valence-corrected chi connectivity index (χ0v) is 19.4. The average molecular weight is 499 g/mol. The number of halogens is 4. The molecule has 4 aromatic rings. The molecular formula is C26H22ClF3N4O. The minimum atomic E-state index is -4.41. The molecule has 1 aliphatic rings. The van der Waals surface area contributed by atoms with Crippen LogP contribution in [0.15, 0.2) is 67.0 Å². The number of carbonyl (C=O) groups excluding carboxylic acids is 1. The Bertz CT molecular complexity index is 1350. The van der Waals surface area contributed by atoms with Crippen molar-refractivity contribution in [2.45, 2.75) is 31.5 Å². The molecule has 2 aromatic heterocycles. The van der Waals surface area contributed by atoms with Crippen LogP contribution in [0.2, 0.25) is 5.02 Å². The fourth-order valence-corrected chi connectivity index (χ4v) is 4.73. The van der Waals surface area contributed by atoms with Crippen LogP contribution in [0, 0.1) is 0 Å². The minimum Gasteiger partial charge on any atom is -0.338 e. The Morgan fingerprint density at radius 1 is 1.11 bits per heavy atom. The Morgan fingerprint density at radius 3 is 2.63 bits per heavy atom. The summed E-state index contributed by atoms with van der Waals surface area (Å²) in [6, 6.07) is 15.5. The highest BCUT2D eigenvalue weighted by Gasteiger charge is 2.31. The summed E-state index contributed by atoms with van der Waals surface area (Å²) >= 11 is 5.93. The van der Waals surface area contributed by atoms with Gasteiger partial charge in [-0.25, -0.2) is 4.98 Å². The second-order valence-corrected chi connectivity index (χ2v) is 9.20. The summed E-state index contributed by atoms with van der Waals surface area (Å²) in [4.78, 5) is 23.6. The van der Waals surface area contributed by atoms with E-state index in [1.807, 2.05) is 18.3 Å². The van der Waals surface area contributed by atoms with Gasteiger partial charge in [0, 0.05) is 48.4 Å². The van der Waals surface area contributed by atoms with Gasteiger partial charge in [-0.05, 0) is 53.9 Å². The van der Waals surface area contributed by atoms with Crippen LogP contribution < -0.4 is 0 Å². The molecule has 1 unspecified atom stereocenters. The van der Waals surface area contributed by atoms with Gasteiger partial charge in [0.15, 0.2) is 0 Å². The summed E-state index contributed by atoms with van der Waals surface area (Å²) in [5.41, 5.74) is 3.02. The Kier molecular flexibility index (Phi) is 6.23. The van der Waals surface area contributed by atoms with Gasteiger partial charge in [0.25, 0.3) is 5.91 Å². The van der Waals surface area contributed by atoms with Crippen LogP contribution in [0.3, 0.4) is 0 Å². The van der Waals surface area contributed by atoms with E-state index in [1.54, 1.807) is 53.6 Å². The van der Waals surface area contributed by atoms with E-state index in [4.69, 9.17) is 11.6 Å². The van der Waals surface area contributed by atoms with E-state index in [0.717, 1.165) is 17.5 Å². The van der Waals surface area contributed by atoms with Crippen LogP contribution in [0.5, 0.6) is 0 Å². The van der Waals surface area contributed by atoms with Gasteiger partial charge in [0.1, 0.15) is 12.4 Å². The van der Waals surface area contributed by atoms with Crippen molar-refractivity contribution in [2.24, 2.45) is 0 Å². The highest BCUT2D eigenvalue weighted by molar-refractivity contribution is 6.30.